The van der Waals surface area contributed by atoms with Gasteiger partial charge in [-0.1, -0.05) is 0 Å². The molecule has 1 amide bonds. The van der Waals surface area contributed by atoms with E-state index in [-0.39, 0.29) is 23.2 Å². The number of nitrogen functional groups attached to an aromatic ring is 1. The summed E-state index contributed by atoms with van der Waals surface area (Å²) in [5, 5.41) is 2.62. The number of carbonyl (C=O) groups is 1. The Kier molecular flexibility index (Phi) is 3.69. The first-order chi connectivity index (χ1) is 8.96. The quantitative estimate of drug-likeness (QED) is 0.478. The molecule has 2 heterocycles. The normalized spacial score (nSPS) is 20.9. The van der Waals surface area contributed by atoms with E-state index in [1.54, 1.807) is 6.92 Å². The second-order valence-electron chi connectivity index (χ2n) is 4.10. The van der Waals surface area contributed by atoms with Crippen LogP contribution in [0.2, 0.25) is 0 Å². The highest BCUT2D eigenvalue weighted by Crippen LogP contribution is 2.20. The van der Waals surface area contributed by atoms with Gasteiger partial charge < -0.3 is 10.7 Å². The maximum atomic E-state index is 12.5. The van der Waals surface area contributed by atoms with Crippen LogP contribution in [0.25, 0.3) is 0 Å². The molecule has 1 aliphatic heterocycles. The van der Waals surface area contributed by atoms with Crippen LogP contribution in [-0.2, 0) is 14.8 Å². The summed E-state index contributed by atoms with van der Waals surface area (Å²) in [7, 11) is -3.74. The summed E-state index contributed by atoms with van der Waals surface area (Å²) < 4.78 is 26.1. The van der Waals surface area contributed by atoms with Crippen molar-refractivity contribution in [3.8, 4) is 0 Å². The third-order valence-corrected chi connectivity index (χ3v) is 4.89. The highest BCUT2D eigenvalue weighted by Gasteiger charge is 2.35. The Bertz CT molecular complexity index is 589. The third-order valence-electron chi connectivity index (χ3n) is 2.93. The van der Waals surface area contributed by atoms with E-state index in [1.165, 1.54) is 22.6 Å². The average molecular weight is 285 g/mol. The largest absolute Gasteiger partial charge is 0.353 e. The highest BCUT2D eigenvalue weighted by molar-refractivity contribution is 7.89. The number of rotatable bonds is 3. The lowest BCUT2D eigenvalue weighted by molar-refractivity contribution is -0.126. The molecule has 19 heavy (non-hydrogen) atoms. The Labute approximate surface area is 111 Å². The predicted octanol–water partition coefficient (Wildman–Crippen LogP) is -1.12. The third kappa shape index (κ3) is 2.53. The van der Waals surface area contributed by atoms with Gasteiger partial charge in [-0.3, -0.25) is 4.79 Å². The summed E-state index contributed by atoms with van der Waals surface area (Å²) >= 11 is 0. The summed E-state index contributed by atoms with van der Waals surface area (Å²) in [6.07, 6.45) is 1.34. The number of nitrogens with one attached hydrogen (secondary N) is 2. The van der Waals surface area contributed by atoms with E-state index >= 15 is 0 Å². The topological polar surface area (TPSA) is 117 Å². The number of hydrogen-bond donors (Lipinski definition) is 3. The molecule has 1 aliphatic rings. The van der Waals surface area contributed by atoms with E-state index in [9.17, 15) is 13.2 Å². The average Bonchev–Trinajstić information content (AvgIpc) is 2.41. The van der Waals surface area contributed by atoms with Gasteiger partial charge in [-0.25, -0.2) is 19.2 Å². The lowest BCUT2D eigenvalue weighted by atomic mass is 10.2. The van der Waals surface area contributed by atoms with Crippen LogP contribution in [0.3, 0.4) is 0 Å². The van der Waals surface area contributed by atoms with Crippen molar-refractivity contribution < 1.29 is 13.2 Å². The molecule has 0 spiro atoms. The molecule has 1 aromatic rings. The summed E-state index contributed by atoms with van der Waals surface area (Å²) in [6, 6.07) is 1.96. The van der Waals surface area contributed by atoms with Crippen LogP contribution >= 0.6 is 0 Å². The molecule has 9 heteroatoms. The van der Waals surface area contributed by atoms with Gasteiger partial charge in [0.25, 0.3) is 0 Å². The molecule has 1 saturated heterocycles. The van der Waals surface area contributed by atoms with Crippen molar-refractivity contribution >= 4 is 21.7 Å². The van der Waals surface area contributed by atoms with Gasteiger partial charge in [0.1, 0.15) is 11.9 Å². The number of pyridine rings is 1. The van der Waals surface area contributed by atoms with Gasteiger partial charge in [0.15, 0.2) is 0 Å². The summed E-state index contributed by atoms with van der Waals surface area (Å²) in [5.74, 6) is 5.15. The second-order valence-corrected chi connectivity index (χ2v) is 5.99. The van der Waals surface area contributed by atoms with Crippen molar-refractivity contribution in [3.05, 3.63) is 18.3 Å². The van der Waals surface area contributed by atoms with Gasteiger partial charge >= 0.3 is 0 Å². The minimum Gasteiger partial charge on any atom is -0.353 e. The molecule has 0 bridgehead atoms. The van der Waals surface area contributed by atoms with Gasteiger partial charge in [0.05, 0.1) is 4.90 Å². The number of amides is 1. The number of carbonyl (C=O) groups excluding carboxylic acids is 1. The maximum absolute atomic E-state index is 12.5. The molecular formula is C10H15N5O3S. The number of piperazine rings is 1. The molecule has 2 rings (SSSR count). The van der Waals surface area contributed by atoms with Gasteiger partial charge in [-0.05, 0) is 13.0 Å². The van der Waals surface area contributed by atoms with Gasteiger partial charge in [-0.15, -0.1) is 0 Å². The molecule has 0 aliphatic carbocycles. The van der Waals surface area contributed by atoms with E-state index in [0.29, 0.717) is 6.54 Å². The molecule has 0 radical (unpaired) electrons. The van der Waals surface area contributed by atoms with E-state index in [1.807, 2.05) is 0 Å². The van der Waals surface area contributed by atoms with Gasteiger partial charge in [0.2, 0.25) is 15.9 Å². The molecule has 1 unspecified atom stereocenters. The zero-order chi connectivity index (χ0) is 14.0. The molecule has 1 atom stereocenters. The number of sulfonamides is 1. The van der Waals surface area contributed by atoms with Crippen LogP contribution in [0.1, 0.15) is 6.92 Å². The van der Waals surface area contributed by atoms with Crippen molar-refractivity contribution in [2.75, 3.05) is 18.5 Å². The zero-order valence-corrected chi connectivity index (χ0v) is 11.1. The number of nitrogens with zero attached hydrogens (tertiary/aromatic N) is 2. The fourth-order valence-electron chi connectivity index (χ4n) is 1.88. The Hall–Kier alpha value is -1.71. The van der Waals surface area contributed by atoms with Crippen molar-refractivity contribution in [1.82, 2.24) is 14.6 Å². The molecule has 1 fully saturated rings. The first-order valence-corrected chi connectivity index (χ1v) is 7.13. The molecule has 8 nitrogen and oxygen atoms in total. The Morgan fingerprint density at radius 2 is 2.32 bits per heavy atom. The molecular weight excluding hydrogens is 270 g/mol. The van der Waals surface area contributed by atoms with E-state index in [2.05, 4.69) is 15.7 Å². The first kappa shape index (κ1) is 13.7. The summed E-state index contributed by atoms with van der Waals surface area (Å²) in [5.41, 5.74) is 2.29. The standard InChI is InChI=1S/C10H15N5O3S/c1-7-10(16)13-4-5-15(7)19(17,18)8-2-3-12-9(6-8)14-11/h2-3,6-7H,4-5,11H2,1H3,(H,12,14)(H,13,16). The molecule has 0 saturated carbocycles. The second kappa shape index (κ2) is 5.11. The number of hydrogen-bond acceptors (Lipinski definition) is 6. The fraction of sp³-hybridized carbons (Fsp3) is 0.400. The van der Waals surface area contributed by atoms with Gasteiger partial charge in [-0.2, -0.15) is 4.31 Å². The number of nitrogens with two attached hydrogens (primary N) is 1. The van der Waals surface area contributed by atoms with Gasteiger partial charge in [0, 0.05) is 25.4 Å². The lowest BCUT2D eigenvalue weighted by Gasteiger charge is -2.31. The van der Waals surface area contributed by atoms with E-state index in [4.69, 9.17) is 5.84 Å². The van der Waals surface area contributed by atoms with Crippen LogP contribution < -0.4 is 16.6 Å². The summed E-state index contributed by atoms with van der Waals surface area (Å²) in [6.45, 7) is 2.09. The van der Waals surface area contributed by atoms with Crippen LogP contribution in [-0.4, -0.2) is 42.7 Å². The molecule has 0 aromatic carbocycles. The minimum absolute atomic E-state index is 0.0528. The zero-order valence-electron chi connectivity index (χ0n) is 10.3. The lowest BCUT2D eigenvalue weighted by Crippen LogP contribution is -2.55. The highest BCUT2D eigenvalue weighted by atomic mass is 32.2. The van der Waals surface area contributed by atoms with Crippen molar-refractivity contribution in [2.45, 2.75) is 17.9 Å². The monoisotopic (exact) mass is 285 g/mol. The number of hydrazine groups is 1. The smallest absolute Gasteiger partial charge is 0.244 e. The van der Waals surface area contributed by atoms with Crippen LogP contribution in [0.15, 0.2) is 23.2 Å². The number of anilines is 1. The maximum Gasteiger partial charge on any atom is 0.244 e. The van der Waals surface area contributed by atoms with Crippen LogP contribution in [0, 0.1) is 0 Å². The van der Waals surface area contributed by atoms with Crippen LogP contribution in [0.5, 0.6) is 0 Å². The van der Waals surface area contributed by atoms with Crippen LogP contribution in [0.4, 0.5) is 5.82 Å². The summed E-state index contributed by atoms with van der Waals surface area (Å²) in [4.78, 5) is 15.4. The van der Waals surface area contributed by atoms with Crippen molar-refractivity contribution in [1.29, 1.82) is 0 Å². The Balaban J connectivity index is 2.38. The fourth-order valence-corrected chi connectivity index (χ4v) is 3.48. The van der Waals surface area contributed by atoms with E-state index in [0.717, 1.165) is 0 Å². The SMILES string of the molecule is CC1C(=O)NCCN1S(=O)(=O)c1ccnc(NN)c1. The molecule has 104 valence electrons. The predicted molar refractivity (Wildman–Crippen MR) is 68.4 cm³/mol. The first-order valence-electron chi connectivity index (χ1n) is 5.69. The van der Waals surface area contributed by atoms with Crippen molar-refractivity contribution in [2.24, 2.45) is 5.84 Å². The van der Waals surface area contributed by atoms with E-state index < -0.39 is 16.1 Å². The number of aromatic nitrogens is 1. The molecule has 1 aromatic heterocycles. The minimum atomic E-state index is -3.74. The molecule has 4 N–H and O–H groups in total. The van der Waals surface area contributed by atoms with Crippen molar-refractivity contribution in [3.63, 3.8) is 0 Å². The Morgan fingerprint density at radius 3 is 3.00 bits per heavy atom. The Morgan fingerprint density at radius 1 is 1.58 bits per heavy atom.